The molecule has 3 atom stereocenters. The zero-order valence-corrected chi connectivity index (χ0v) is 18.3. The number of amides is 2. The molecule has 0 radical (unpaired) electrons. The van der Waals surface area contributed by atoms with Gasteiger partial charge in [0.15, 0.2) is 6.10 Å². The smallest absolute Gasteiger partial charge is 0.266 e. The highest BCUT2D eigenvalue weighted by molar-refractivity contribution is 6.23. The Balaban J connectivity index is 1.56. The minimum atomic E-state index is -0.859. The van der Waals surface area contributed by atoms with Gasteiger partial charge < -0.3 is 4.90 Å². The van der Waals surface area contributed by atoms with Crippen LogP contribution in [0.2, 0.25) is 0 Å². The summed E-state index contributed by atoms with van der Waals surface area (Å²) in [5.41, 5.74) is 4.45. The molecule has 0 spiro atoms. The molecule has 0 N–H and O–H groups in total. The topological polar surface area (TPSA) is 53.1 Å². The molecule has 2 aliphatic heterocycles. The van der Waals surface area contributed by atoms with Gasteiger partial charge in [-0.15, -0.1) is 0 Å². The highest BCUT2D eigenvalue weighted by atomic mass is 16.7. The van der Waals surface area contributed by atoms with Gasteiger partial charge in [0, 0.05) is 19.8 Å². The van der Waals surface area contributed by atoms with Gasteiger partial charge in [0.05, 0.1) is 17.4 Å². The van der Waals surface area contributed by atoms with Gasteiger partial charge in [-0.25, -0.2) is 9.96 Å². The number of para-hydroxylation sites is 1. The second-order valence-electron chi connectivity index (χ2n) is 8.49. The van der Waals surface area contributed by atoms with E-state index in [2.05, 4.69) is 0 Å². The number of nitrogens with zero attached hydrogens (tertiary/aromatic N) is 3. The van der Waals surface area contributed by atoms with E-state index >= 15 is 0 Å². The van der Waals surface area contributed by atoms with Crippen LogP contribution in [0.4, 0.5) is 17.1 Å². The second-order valence-corrected chi connectivity index (χ2v) is 8.49. The molecule has 2 amide bonds. The molecule has 2 aliphatic rings. The molecule has 3 aromatic rings. The molecule has 2 fully saturated rings. The number of hydroxylamine groups is 1. The van der Waals surface area contributed by atoms with E-state index in [1.807, 2.05) is 105 Å². The zero-order chi connectivity index (χ0) is 22.4. The van der Waals surface area contributed by atoms with E-state index in [9.17, 15) is 9.59 Å². The average Bonchev–Trinajstić information content (AvgIpc) is 3.31. The number of hydrogen-bond acceptors (Lipinski definition) is 5. The van der Waals surface area contributed by atoms with Crippen LogP contribution in [0.5, 0.6) is 0 Å². The van der Waals surface area contributed by atoms with Gasteiger partial charge in [-0.1, -0.05) is 48.0 Å². The lowest BCUT2D eigenvalue weighted by Crippen LogP contribution is -2.37. The van der Waals surface area contributed by atoms with Crippen molar-refractivity contribution in [2.75, 3.05) is 29.0 Å². The van der Waals surface area contributed by atoms with Crippen molar-refractivity contribution in [3.05, 3.63) is 90.0 Å². The Hall–Kier alpha value is -3.64. The lowest BCUT2D eigenvalue weighted by atomic mass is 9.90. The maximum atomic E-state index is 13.6. The van der Waals surface area contributed by atoms with Crippen molar-refractivity contribution < 1.29 is 14.4 Å². The Labute approximate surface area is 187 Å². The number of rotatable bonds is 4. The fourth-order valence-electron chi connectivity index (χ4n) is 4.47. The number of hydrogen-bond donors (Lipinski definition) is 0. The number of carbonyl (C=O) groups is 2. The van der Waals surface area contributed by atoms with E-state index in [0.29, 0.717) is 5.69 Å². The fraction of sp³-hybridized carbons (Fsp3) is 0.231. The van der Waals surface area contributed by atoms with Gasteiger partial charge in [-0.3, -0.25) is 14.4 Å². The average molecular weight is 428 g/mol. The standard InChI is InChI=1S/C26H25N3O3/c1-17-9-13-20(14-10-17)28-25(30)22-23(18-11-15-19(16-12-18)27(2)3)29(32-24(22)26(28)31)21-7-5-4-6-8-21/h4-16,22-24H,1-3H3/t22-,23+,24+/m1/s1. The summed E-state index contributed by atoms with van der Waals surface area (Å²) >= 11 is 0. The van der Waals surface area contributed by atoms with Crippen LogP contribution in [-0.2, 0) is 14.4 Å². The molecule has 0 bridgehead atoms. The van der Waals surface area contributed by atoms with Gasteiger partial charge >= 0.3 is 0 Å². The van der Waals surface area contributed by atoms with Crippen LogP contribution in [0.15, 0.2) is 78.9 Å². The van der Waals surface area contributed by atoms with E-state index in [0.717, 1.165) is 22.5 Å². The minimum Gasteiger partial charge on any atom is -0.378 e. The summed E-state index contributed by atoms with van der Waals surface area (Å²) < 4.78 is 0. The Morgan fingerprint density at radius 3 is 2.06 bits per heavy atom. The normalized spacial score (nSPS) is 22.4. The monoisotopic (exact) mass is 427 g/mol. The lowest BCUT2D eigenvalue weighted by Gasteiger charge is -2.29. The van der Waals surface area contributed by atoms with Gasteiger partial charge in [-0.05, 0) is 48.9 Å². The number of aryl methyl sites for hydroxylation is 1. The van der Waals surface area contributed by atoms with E-state index in [1.54, 1.807) is 5.06 Å². The molecular formula is C26H25N3O3. The molecule has 162 valence electrons. The first-order chi connectivity index (χ1) is 15.5. The Kier molecular flexibility index (Phi) is 4.94. The molecule has 6 heteroatoms. The van der Waals surface area contributed by atoms with E-state index in [4.69, 9.17) is 4.84 Å². The van der Waals surface area contributed by atoms with E-state index in [1.165, 1.54) is 4.90 Å². The fourth-order valence-corrected chi connectivity index (χ4v) is 4.47. The lowest BCUT2D eigenvalue weighted by molar-refractivity contribution is -0.126. The highest BCUT2D eigenvalue weighted by Crippen LogP contribution is 2.47. The van der Waals surface area contributed by atoms with Crippen molar-refractivity contribution >= 4 is 28.9 Å². The summed E-state index contributed by atoms with van der Waals surface area (Å²) in [5.74, 6) is -1.18. The Morgan fingerprint density at radius 2 is 1.44 bits per heavy atom. The van der Waals surface area contributed by atoms with Crippen molar-refractivity contribution in [2.45, 2.75) is 19.1 Å². The van der Waals surface area contributed by atoms with Crippen molar-refractivity contribution in [1.82, 2.24) is 0 Å². The Bertz CT molecular complexity index is 1140. The molecule has 6 nitrogen and oxygen atoms in total. The minimum absolute atomic E-state index is 0.232. The van der Waals surface area contributed by atoms with E-state index in [-0.39, 0.29) is 11.8 Å². The van der Waals surface area contributed by atoms with Crippen LogP contribution in [0, 0.1) is 12.8 Å². The summed E-state index contributed by atoms with van der Waals surface area (Å²) in [6.45, 7) is 1.97. The first kappa shape index (κ1) is 20.3. The largest absolute Gasteiger partial charge is 0.378 e. The van der Waals surface area contributed by atoms with Crippen molar-refractivity contribution in [3.8, 4) is 0 Å². The predicted molar refractivity (Wildman–Crippen MR) is 124 cm³/mol. The summed E-state index contributed by atoms with van der Waals surface area (Å²) in [7, 11) is 3.97. The maximum Gasteiger partial charge on any atom is 0.266 e. The molecular weight excluding hydrogens is 402 g/mol. The molecule has 32 heavy (non-hydrogen) atoms. The molecule has 0 unspecified atom stereocenters. The van der Waals surface area contributed by atoms with Gasteiger partial charge in [0.1, 0.15) is 5.92 Å². The molecule has 2 saturated heterocycles. The van der Waals surface area contributed by atoms with Crippen LogP contribution in [0.1, 0.15) is 17.2 Å². The van der Waals surface area contributed by atoms with Crippen LogP contribution >= 0.6 is 0 Å². The summed E-state index contributed by atoms with van der Waals surface area (Å²) in [6.07, 6.45) is -0.859. The van der Waals surface area contributed by atoms with Crippen LogP contribution in [-0.4, -0.2) is 32.0 Å². The van der Waals surface area contributed by atoms with Gasteiger partial charge in [0.2, 0.25) is 5.91 Å². The van der Waals surface area contributed by atoms with Crippen LogP contribution in [0.25, 0.3) is 0 Å². The zero-order valence-electron chi connectivity index (χ0n) is 18.3. The van der Waals surface area contributed by atoms with Gasteiger partial charge in [-0.2, -0.15) is 0 Å². The molecule has 0 aliphatic carbocycles. The van der Waals surface area contributed by atoms with Gasteiger partial charge in [0.25, 0.3) is 5.91 Å². The van der Waals surface area contributed by atoms with Crippen molar-refractivity contribution in [2.24, 2.45) is 5.92 Å². The molecule has 5 rings (SSSR count). The van der Waals surface area contributed by atoms with Crippen molar-refractivity contribution in [3.63, 3.8) is 0 Å². The van der Waals surface area contributed by atoms with Crippen LogP contribution in [0.3, 0.4) is 0 Å². The highest BCUT2D eigenvalue weighted by Gasteiger charge is 2.60. The third-order valence-electron chi connectivity index (χ3n) is 6.17. The molecule has 3 aromatic carbocycles. The first-order valence-electron chi connectivity index (χ1n) is 10.7. The number of benzene rings is 3. The SMILES string of the molecule is Cc1ccc(N2C(=O)[C@H]3[C@H](ON(c4ccccc4)[C@H]3c3ccc(N(C)C)cc3)C2=O)cc1. The maximum absolute atomic E-state index is 13.6. The third-order valence-corrected chi connectivity index (χ3v) is 6.17. The van der Waals surface area contributed by atoms with Crippen LogP contribution < -0.4 is 14.9 Å². The Morgan fingerprint density at radius 1 is 0.781 bits per heavy atom. The number of carbonyl (C=O) groups excluding carboxylic acids is 2. The number of fused-ring (bicyclic) bond motifs is 1. The third kappa shape index (κ3) is 3.24. The van der Waals surface area contributed by atoms with E-state index < -0.39 is 18.1 Å². The summed E-state index contributed by atoms with van der Waals surface area (Å²) in [6, 6.07) is 24.7. The molecule has 2 heterocycles. The second kappa shape index (κ2) is 7.80. The first-order valence-corrected chi connectivity index (χ1v) is 10.7. The molecule has 0 aromatic heterocycles. The summed E-state index contributed by atoms with van der Waals surface area (Å²) in [5, 5.41) is 1.72. The number of anilines is 3. The molecule has 0 saturated carbocycles. The summed E-state index contributed by atoms with van der Waals surface area (Å²) in [4.78, 5) is 36.4. The quantitative estimate of drug-likeness (QED) is 0.587. The van der Waals surface area contributed by atoms with Crippen molar-refractivity contribution in [1.29, 1.82) is 0 Å². The predicted octanol–water partition coefficient (Wildman–Crippen LogP) is 4.11. The number of imide groups is 1.